The molecule has 0 saturated heterocycles. The third kappa shape index (κ3) is 2.46. The number of nitriles is 1. The lowest BCUT2D eigenvalue weighted by atomic mass is 9.86. The number of benzene rings is 1. The highest BCUT2D eigenvalue weighted by Crippen LogP contribution is 2.40. The number of halogens is 1. The number of hydrogen-bond acceptors (Lipinski definition) is 2. The Hall–Kier alpha value is -1.89. The highest BCUT2D eigenvalue weighted by Gasteiger charge is 2.44. The van der Waals surface area contributed by atoms with Gasteiger partial charge in [0.25, 0.3) is 0 Å². The van der Waals surface area contributed by atoms with E-state index < -0.39 is 5.41 Å². The summed E-state index contributed by atoms with van der Waals surface area (Å²) >= 11 is 0. The smallest absolute Gasteiger partial charge is 0.247 e. The van der Waals surface area contributed by atoms with E-state index >= 15 is 0 Å². The van der Waals surface area contributed by atoms with Gasteiger partial charge in [0, 0.05) is 12.2 Å². The molecule has 1 aliphatic carbocycles. The van der Waals surface area contributed by atoms with Gasteiger partial charge in [0.05, 0.1) is 6.07 Å². The van der Waals surface area contributed by atoms with Gasteiger partial charge in [0.2, 0.25) is 5.91 Å². The van der Waals surface area contributed by atoms with Crippen molar-refractivity contribution in [1.82, 2.24) is 0 Å². The van der Waals surface area contributed by atoms with E-state index in [4.69, 9.17) is 0 Å². The molecule has 0 spiro atoms. The van der Waals surface area contributed by atoms with E-state index in [1.807, 2.05) is 6.92 Å². The quantitative estimate of drug-likeness (QED) is 0.837. The molecule has 0 radical (unpaired) electrons. The van der Waals surface area contributed by atoms with Crippen LogP contribution in [0, 0.1) is 22.6 Å². The van der Waals surface area contributed by atoms with Crippen LogP contribution in [0.4, 0.5) is 10.1 Å². The first-order chi connectivity index (χ1) is 9.13. The Morgan fingerprint density at radius 2 is 2.16 bits per heavy atom. The van der Waals surface area contributed by atoms with Crippen LogP contribution in [0.1, 0.15) is 32.6 Å². The molecule has 1 aliphatic rings. The standard InChI is InChI=1S/C15H17FN2O/c1-2-18(13-7-5-6-12(16)10-13)14(19)15(11-17)8-3-4-9-15/h5-7,10H,2-4,8-9H2,1H3. The number of rotatable bonds is 3. The van der Waals surface area contributed by atoms with Crippen molar-refractivity contribution in [2.24, 2.45) is 5.41 Å². The SMILES string of the molecule is CCN(C(=O)C1(C#N)CCCC1)c1cccc(F)c1. The van der Waals surface area contributed by atoms with Crippen molar-refractivity contribution in [2.45, 2.75) is 32.6 Å². The molecule has 0 aliphatic heterocycles. The van der Waals surface area contributed by atoms with Crippen molar-refractivity contribution in [1.29, 1.82) is 5.26 Å². The van der Waals surface area contributed by atoms with Crippen LogP contribution in [-0.2, 0) is 4.79 Å². The third-order valence-corrected chi connectivity index (χ3v) is 3.76. The third-order valence-electron chi connectivity index (χ3n) is 3.76. The fourth-order valence-electron chi connectivity index (χ4n) is 2.70. The molecule has 100 valence electrons. The van der Waals surface area contributed by atoms with E-state index in [2.05, 4.69) is 6.07 Å². The first-order valence-corrected chi connectivity index (χ1v) is 6.62. The molecule has 1 saturated carbocycles. The minimum atomic E-state index is -0.914. The van der Waals surface area contributed by atoms with Gasteiger partial charge in [0.15, 0.2) is 0 Å². The summed E-state index contributed by atoms with van der Waals surface area (Å²) in [6.45, 7) is 2.27. The second-order valence-corrected chi connectivity index (χ2v) is 4.93. The van der Waals surface area contributed by atoms with E-state index in [0.717, 1.165) is 12.8 Å². The largest absolute Gasteiger partial charge is 0.311 e. The lowest BCUT2D eigenvalue weighted by Crippen LogP contribution is -2.42. The molecule has 0 bridgehead atoms. The maximum Gasteiger partial charge on any atom is 0.247 e. The monoisotopic (exact) mass is 260 g/mol. The molecule has 2 rings (SSSR count). The van der Waals surface area contributed by atoms with Gasteiger partial charge in [-0.3, -0.25) is 4.79 Å². The van der Waals surface area contributed by atoms with Gasteiger partial charge in [-0.1, -0.05) is 18.9 Å². The second-order valence-electron chi connectivity index (χ2n) is 4.93. The van der Waals surface area contributed by atoms with Crippen molar-refractivity contribution in [3.05, 3.63) is 30.1 Å². The van der Waals surface area contributed by atoms with Crippen LogP contribution in [0.25, 0.3) is 0 Å². The van der Waals surface area contributed by atoms with Crippen molar-refractivity contribution in [3.8, 4) is 6.07 Å². The van der Waals surface area contributed by atoms with Crippen LogP contribution >= 0.6 is 0 Å². The number of hydrogen-bond donors (Lipinski definition) is 0. The first kappa shape index (κ1) is 13.5. The average molecular weight is 260 g/mol. The highest BCUT2D eigenvalue weighted by atomic mass is 19.1. The second kappa shape index (κ2) is 5.40. The minimum Gasteiger partial charge on any atom is -0.311 e. The van der Waals surface area contributed by atoms with Crippen molar-refractivity contribution in [2.75, 3.05) is 11.4 Å². The number of carbonyl (C=O) groups excluding carboxylic acids is 1. The van der Waals surface area contributed by atoms with Crippen LogP contribution < -0.4 is 4.90 Å². The van der Waals surface area contributed by atoms with Gasteiger partial charge < -0.3 is 4.90 Å². The molecule has 1 amide bonds. The van der Waals surface area contributed by atoms with Crippen LogP contribution in [0.3, 0.4) is 0 Å². The maximum atomic E-state index is 13.3. The van der Waals surface area contributed by atoms with Gasteiger partial charge in [0.1, 0.15) is 11.2 Å². The zero-order chi connectivity index (χ0) is 13.9. The minimum absolute atomic E-state index is 0.194. The molecular weight excluding hydrogens is 243 g/mol. The Morgan fingerprint density at radius 3 is 2.68 bits per heavy atom. The molecule has 1 fully saturated rings. The Labute approximate surface area is 112 Å². The summed E-state index contributed by atoms with van der Waals surface area (Å²) in [7, 11) is 0. The molecular formula is C15H17FN2O. The van der Waals surface area contributed by atoms with E-state index in [9.17, 15) is 14.4 Å². The molecule has 0 atom stereocenters. The maximum absolute atomic E-state index is 13.3. The predicted octanol–water partition coefficient (Wildman–Crippen LogP) is 3.26. The highest BCUT2D eigenvalue weighted by molar-refractivity contribution is 5.99. The molecule has 0 N–H and O–H groups in total. The van der Waals surface area contributed by atoms with E-state index in [0.29, 0.717) is 25.1 Å². The normalized spacial score (nSPS) is 16.9. The average Bonchev–Trinajstić information content (AvgIpc) is 2.89. The lowest BCUT2D eigenvalue weighted by molar-refractivity contribution is -0.125. The van der Waals surface area contributed by atoms with Gasteiger partial charge >= 0.3 is 0 Å². The molecule has 4 heteroatoms. The lowest BCUT2D eigenvalue weighted by Gasteiger charge is -2.29. The Bertz CT molecular complexity index is 515. The summed E-state index contributed by atoms with van der Waals surface area (Å²) in [6, 6.07) is 8.15. The van der Waals surface area contributed by atoms with Crippen molar-refractivity contribution < 1.29 is 9.18 Å². The van der Waals surface area contributed by atoms with Gasteiger partial charge in [-0.25, -0.2) is 4.39 Å². The van der Waals surface area contributed by atoms with Gasteiger partial charge in [-0.05, 0) is 38.0 Å². The Balaban J connectivity index is 2.32. The molecule has 0 heterocycles. The zero-order valence-corrected chi connectivity index (χ0v) is 11.0. The summed E-state index contributed by atoms with van der Waals surface area (Å²) in [5.41, 5.74) is -0.392. The van der Waals surface area contributed by atoms with Gasteiger partial charge in [-0.2, -0.15) is 5.26 Å². The fraction of sp³-hybridized carbons (Fsp3) is 0.467. The fourth-order valence-corrected chi connectivity index (χ4v) is 2.70. The Morgan fingerprint density at radius 1 is 1.47 bits per heavy atom. The number of amides is 1. The molecule has 1 aromatic carbocycles. The van der Waals surface area contributed by atoms with Crippen LogP contribution in [-0.4, -0.2) is 12.5 Å². The topological polar surface area (TPSA) is 44.1 Å². The van der Waals surface area contributed by atoms with Crippen LogP contribution in [0.15, 0.2) is 24.3 Å². The van der Waals surface area contributed by atoms with E-state index in [1.165, 1.54) is 17.0 Å². The van der Waals surface area contributed by atoms with E-state index in [1.54, 1.807) is 12.1 Å². The number of carbonyl (C=O) groups is 1. The molecule has 19 heavy (non-hydrogen) atoms. The summed E-state index contributed by atoms with van der Waals surface area (Å²) in [4.78, 5) is 14.1. The van der Waals surface area contributed by atoms with Gasteiger partial charge in [-0.15, -0.1) is 0 Å². The van der Waals surface area contributed by atoms with Crippen molar-refractivity contribution in [3.63, 3.8) is 0 Å². The molecule has 1 aromatic rings. The van der Waals surface area contributed by atoms with Crippen molar-refractivity contribution >= 4 is 11.6 Å². The summed E-state index contributed by atoms with van der Waals surface area (Å²) < 4.78 is 13.3. The zero-order valence-electron chi connectivity index (χ0n) is 11.0. The van der Waals surface area contributed by atoms with Crippen LogP contribution in [0.5, 0.6) is 0 Å². The number of anilines is 1. The van der Waals surface area contributed by atoms with Crippen LogP contribution in [0.2, 0.25) is 0 Å². The molecule has 0 unspecified atom stereocenters. The predicted molar refractivity (Wildman–Crippen MR) is 70.9 cm³/mol. The summed E-state index contributed by atoms with van der Waals surface area (Å²) in [5, 5.41) is 9.36. The first-order valence-electron chi connectivity index (χ1n) is 6.62. The molecule has 3 nitrogen and oxygen atoms in total. The number of nitrogens with zero attached hydrogens (tertiary/aromatic N) is 2. The summed E-state index contributed by atoms with van der Waals surface area (Å²) in [6.07, 6.45) is 3.02. The Kier molecular flexibility index (Phi) is 3.84. The molecule has 0 aromatic heterocycles. The van der Waals surface area contributed by atoms with E-state index in [-0.39, 0.29) is 11.7 Å². The summed E-state index contributed by atoms with van der Waals surface area (Å²) in [5.74, 6) is -0.568.